The number of carbonyl (C=O) groups is 1. The third-order valence-corrected chi connectivity index (χ3v) is 6.43. The predicted molar refractivity (Wildman–Crippen MR) is 107 cm³/mol. The summed E-state index contributed by atoms with van der Waals surface area (Å²) in [6.45, 7) is 3.76. The van der Waals surface area contributed by atoms with Gasteiger partial charge < -0.3 is 14.4 Å². The molecule has 5 heteroatoms. The van der Waals surface area contributed by atoms with Crippen molar-refractivity contribution in [1.29, 1.82) is 0 Å². The smallest absolute Gasteiger partial charge is 0.236 e. The summed E-state index contributed by atoms with van der Waals surface area (Å²) in [5, 5.41) is 0. The molecule has 0 bridgehead atoms. The zero-order valence-corrected chi connectivity index (χ0v) is 17.2. The van der Waals surface area contributed by atoms with E-state index in [2.05, 4.69) is 17.9 Å². The van der Waals surface area contributed by atoms with E-state index in [4.69, 9.17) is 9.47 Å². The molecule has 2 fully saturated rings. The molecule has 1 unspecified atom stereocenters. The minimum absolute atomic E-state index is 0.231. The molecule has 1 aromatic rings. The van der Waals surface area contributed by atoms with E-state index < -0.39 is 0 Å². The third-order valence-electron chi connectivity index (χ3n) is 6.43. The molecule has 1 heterocycles. The number of benzene rings is 1. The summed E-state index contributed by atoms with van der Waals surface area (Å²) in [7, 11) is 5.35. The van der Waals surface area contributed by atoms with E-state index in [1.54, 1.807) is 14.2 Å². The summed E-state index contributed by atoms with van der Waals surface area (Å²) >= 11 is 0. The second-order valence-corrected chi connectivity index (χ2v) is 8.15. The average molecular weight is 375 g/mol. The first-order valence-corrected chi connectivity index (χ1v) is 10.2. The fourth-order valence-electron chi connectivity index (χ4n) is 4.58. The highest BCUT2D eigenvalue weighted by Crippen LogP contribution is 2.38. The summed E-state index contributed by atoms with van der Waals surface area (Å²) in [6.07, 6.45) is 6.91. The minimum Gasteiger partial charge on any atom is -0.497 e. The Bertz CT molecular complexity index is 640. The Morgan fingerprint density at radius 3 is 2.56 bits per heavy atom. The number of amides is 1. The van der Waals surface area contributed by atoms with Crippen LogP contribution in [0.5, 0.6) is 11.5 Å². The van der Waals surface area contributed by atoms with Crippen LogP contribution in [-0.4, -0.2) is 56.1 Å². The number of rotatable bonds is 6. The van der Waals surface area contributed by atoms with Gasteiger partial charge in [0.15, 0.2) is 0 Å². The molecule has 1 amide bonds. The van der Waals surface area contributed by atoms with Crippen molar-refractivity contribution in [2.75, 3.05) is 34.4 Å². The van der Waals surface area contributed by atoms with E-state index in [0.29, 0.717) is 12.6 Å². The zero-order valence-electron chi connectivity index (χ0n) is 17.2. The van der Waals surface area contributed by atoms with Crippen LogP contribution >= 0.6 is 0 Å². The quantitative estimate of drug-likeness (QED) is 0.758. The van der Waals surface area contributed by atoms with Gasteiger partial charge in [-0.3, -0.25) is 9.69 Å². The van der Waals surface area contributed by atoms with Crippen molar-refractivity contribution in [3.05, 3.63) is 23.8 Å². The molecule has 0 aromatic heterocycles. The molecule has 1 aliphatic carbocycles. The topological polar surface area (TPSA) is 42.0 Å². The minimum atomic E-state index is 0.231. The summed E-state index contributed by atoms with van der Waals surface area (Å²) in [5.74, 6) is 2.68. The predicted octanol–water partition coefficient (Wildman–Crippen LogP) is 3.88. The summed E-state index contributed by atoms with van der Waals surface area (Å²) in [4.78, 5) is 17.3. The third kappa shape index (κ3) is 4.57. The lowest BCUT2D eigenvalue weighted by atomic mass is 9.87. The molecule has 5 nitrogen and oxygen atoms in total. The second kappa shape index (κ2) is 8.96. The Balaban J connectivity index is 1.67. The molecule has 0 radical (unpaired) electrons. The second-order valence-electron chi connectivity index (χ2n) is 8.15. The van der Waals surface area contributed by atoms with Gasteiger partial charge in [-0.25, -0.2) is 0 Å². The van der Waals surface area contributed by atoms with Crippen LogP contribution in [0.1, 0.15) is 57.1 Å². The highest BCUT2D eigenvalue weighted by molar-refractivity contribution is 5.78. The van der Waals surface area contributed by atoms with Crippen LogP contribution in [0.3, 0.4) is 0 Å². The molecule has 1 aliphatic heterocycles. The van der Waals surface area contributed by atoms with Gasteiger partial charge in [0.25, 0.3) is 0 Å². The fourth-order valence-corrected chi connectivity index (χ4v) is 4.58. The van der Waals surface area contributed by atoms with Crippen LogP contribution in [0.2, 0.25) is 0 Å². The molecular formula is C22H34N2O3. The van der Waals surface area contributed by atoms with Crippen molar-refractivity contribution < 1.29 is 14.3 Å². The number of nitrogens with zero attached hydrogens (tertiary/aromatic N) is 2. The van der Waals surface area contributed by atoms with Crippen LogP contribution in [0.15, 0.2) is 18.2 Å². The zero-order chi connectivity index (χ0) is 19.4. The van der Waals surface area contributed by atoms with E-state index in [1.165, 1.54) is 12.8 Å². The number of likely N-dealkylation sites (N-methyl/N-ethyl adjacent to an activating group) is 1. The van der Waals surface area contributed by atoms with Crippen molar-refractivity contribution in [2.45, 2.75) is 57.5 Å². The Morgan fingerprint density at radius 2 is 1.89 bits per heavy atom. The van der Waals surface area contributed by atoms with Gasteiger partial charge >= 0.3 is 0 Å². The van der Waals surface area contributed by atoms with Gasteiger partial charge in [0.2, 0.25) is 5.91 Å². The molecule has 2 aliphatic rings. The van der Waals surface area contributed by atoms with E-state index in [9.17, 15) is 4.79 Å². The molecule has 1 saturated heterocycles. The summed E-state index contributed by atoms with van der Waals surface area (Å²) in [5.41, 5.74) is 1.15. The Kier molecular flexibility index (Phi) is 6.64. The lowest BCUT2D eigenvalue weighted by Gasteiger charge is -2.35. The monoisotopic (exact) mass is 374 g/mol. The van der Waals surface area contributed by atoms with Gasteiger partial charge in [-0.2, -0.15) is 0 Å². The van der Waals surface area contributed by atoms with Gasteiger partial charge in [-0.1, -0.05) is 13.0 Å². The van der Waals surface area contributed by atoms with Crippen molar-refractivity contribution in [3.8, 4) is 11.5 Å². The van der Waals surface area contributed by atoms with Crippen LogP contribution in [0, 0.1) is 5.92 Å². The van der Waals surface area contributed by atoms with E-state index in [0.717, 1.165) is 55.2 Å². The number of ether oxygens (including phenoxy) is 2. The number of methoxy groups -OCH3 is 2. The Hall–Kier alpha value is -1.75. The largest absolute Gasteiger partial charge is 0.497 e. The van der Waals surface area contributed by atoms with Gasteiger partial charge in [0.1, 0.15) is 11.5 Å². The standard InChI is InChI=1S/C22H34N2O3/c1-16-7-9-17(10-8-16)23(2)22(25)15-24-13-5-6-20(24)19-12-11-18(26-3)14-21(19)27-4/h11-12,14,16-17,20H,5-10,13,15H2,1-4H3. The van der Waals surface area contributed by atoms with Crippen molar-refractivity contribution >= 4 is 5.91 Å². The first-order chi connectivity index (χ1) is 13.0. The highest BCUT2D eigenvalue weighted by Gasteiger charge is 2.32. The van der Waals surface area contributed by atoms with Crippen molar-refractivity contribution in [1.82, 2.24) is 9.80 Å². The van der Waals surface area contributed by atoms with Gasteiger partial charge in [0.05, 0.1) is 20.8 Å². The Labute approximate surface area is 163 Å². The van der Waals surface area contributed by atoms with E-state index >= 15 is 0 Å². The number of hydrogen-bond donors (Lipinski definition) is 0. The molecular weight excluding hydrogens is 340 g/mol. The highest BCUT2D eigenvalue weighted by atomic mass is 16.5. The van der Waals surface area contributed by atoms with Gasteiger partial charge in [-0.05, 0) is 57.1 Å². The van der Waals surface area contributed by atoms with Gasteiger partial charge in [-0.15, -0.1) is 0 Å². The average Bonchev–Trinajstić information content (AvgIpc) is 3.15. The molecule has 27 heavy (non-hydrogen) atoms. The SMILES string of the molecule is COc1ccc(C2CCCN2CC(=O)N(C)C2CCC(C)CC2)c(OC)c1. The van der Waals surface area contributed by atoms with Crippen LogP contribution < -0.4 is 9.47 Å². The van der Waals surface area contributed by atoms with Crippen molar-refractivity contribution in [3.63, 3.8) is 0 Å². The van der Waals surface area contributed by atoms with Crippen molar-refractivity contribution in [2.24, 2.45) is 5.92 Å². The first kappa shape index (κ1) is 20.0. The maximum Gasteiger partial charge on any atom is 0.236 e. The molecule has 0 spiro atoms. The molecule has 1 atom stereocenters. The molecule has 0 N–H and O–H groups in total. The molecule has 3 rings (SSSR count). The molecule has 1 saturated carbocycles. The van der Waals surface area contributed by atoms with E-state index in [-0.39, 0.29) is 11.9 Å². The van der Waals surface area contributed by atoms with Crippen LogP contribution in [0.4, 0.5) is 0 Å². The maximum absolute atomic E-state index is 12.9. The summed E-state index contributed by atoms with van der Waals surface area (Å²) in [6, 6.07) is 6.63. The number of carbonyl (C=O) groups excluding carboxylic acids is 1. The normalized spacial score (nSPS) is 26.0. The van der Waals surface area contributed by atoms with Crippen LogP contribution in [-0.2, 0) is 4.79 Å². The van der Waals surface area contributed by atoms with Crippen LogP contribution in [0.25, 0.3) is 0 Å². The van der Waals surface area contributed by atoms with E-state index in [1.807, 2.05) is 24.1 Å². The molecule has 150 valence electrons. The fraction of sp³-hybridized carbons (Fsp3) is 0.682. The maximum atomic E-state index is 12.9. The number of hydrogen-bond acceptors (Lipinski definition) is 4. The Morgan fingerprint density at radius 1 is 1.15 bits per heavy atom. The lowest BCUT2D eigenvalue weighted by molar-refractivity contribution is -0.134. The summed E-state index contributed by atoms with van der Waals surface area (Å²) < 4.78 is 10.9. The molecule has 1 aromatic carbocycles. The van der Waals surface area contributed by atoms with Gasteiger partial charge in [0, 0.05) is 30.8 Å². The number of likely N-dealkylation sites (tertiary alicyclic amines) is 1. The lowest BCUT2D eigenvalue weighted by Crippen LogP contribution is -2.44. The first-order valence-electron chi connectivity index (χ1n) is 10.2.